The summed E-state index contributed by atoms with van der Waals surface area (Å²) < 4.78 is 11.1. The lowest BCUT2D eigenvalue weighted by Crippen LogP contribution is -2.57. The minimum Gasteiger partial charge on any atom is -0.492 e. The van der Waals surface area contributed by atoms with E-state index in [0.29, 0.717) is 19.8 Å². The lowest BCUT2D eigenvalue weighted by Gasteiger charge is -2.38. The van der Waals surface area contributed by atoms with Crippen LogP contribution in [0.5, 0.6) is 5.75 Å². The van der Waals surface area contributed by atoms with Crippen LogP contribution in [0.3, 0.4) is 0 Å². The van der Waals surface area contributed by atoms with Crippen molar-refractivity contribution in [1.82, 2.24) is 10.2 Å². The smallest absolute Gasteiger partial charge is 0.242 e. The van der Waals surface area contributed by atoms with E-state index in [1.807, 2.05) is 30.0 Å². The zero-order chi connectivity index (χ0) is 16.1. The Bertz CT molecular complexity index is 524. The van der Waals surface area contributed by atoms with Gasteiger partial charge in [0.25, 0.3) is 0 Å². The quantitative estimate of drug-likeness (QED) is 0.886. The number of carbonyl (C=O) groups is 1. The normalized spacial score (nSPS) is 22.0. The number of ether oxygens (including phenoxy) is 2. The molecular formula is C17H25N3O3. The van der Waals surface area contributed by atoms with Gasteiger partial charge in [0.05, 0.1) is 25.5 Å². The Morgan fingerprint density at radius 2 is 2.09 bits per heavy atom. The highest BCUT2D eigenvalue weighted by atomic mass is 16.5. The van der Waals surface area contributed by atoms with Gasteiger partial charge in [-0.15, -0.1) is 0 Å². The first-order valence-corrected chi connectivity index (χ1v) is 8.36. The second-order valence-electron chi connectivity index (χ2n) is 5.79. The molecule has 3 rings (SSSR count). The summed E-state index contributed by atoms with van der Waals surface area (Å²) in [6.45, 7) is 7.67. The maximum atomic E-state index is 12.5. The molecule has 1 amide bonds. The average Bonchev–Trinajstić information content (AvgIpc) is 2.63. The molecule has 2 heterocycles. The van der Waals surface area contributed by atoms with Crippen LogP contribution in [0.1, 0.15) is 6.92 Å². The molecule has 2 fully saturated rings. The van der Waals surface area contributed by atoms with Crippen molar-refractivity contribution in [3.8, 4) is 5.75 Å². The maximum Gasteiger partial charge on any atom is 0.242 e. The Balaban J connectivity index is 1.59. The Labute approximate surface area is 137 Å². The summed E-state index contributed by atoms with van der Waals surface area (Å²) in [4.78, 5) is 16.7. The molecular weight excluding hydrogens is 294 g/mol. The number of para-hydroxylation sites is 2. The summed E-state index contributed by atoms with van der Waals surface area (Å²) in [5.41, 5.74) is 1.11. The van der Waals surface area contributed by atoms with Crippen LogP contribution in [-0.4, -0.2) is 69.4 Å². The molecule has 23 heavy (non-hydrogen) atoms. The molecule has 1 aromatic carbocycles. The number of morpholine rings is 1. The monoisotopic (exact) mass is 319 g/mol. The van der Waals surface area contributed by atoms with Gasteiger partial charge in [0.15, 0.2) is 0 Å². The van der Waals surface area contributed by atoms with Crippen LogP contribution in [0.15, 0.2) is 24.3 Å². The summed E-state index contributed by atoms with van der Waals surface area (Å²) in [6, 6.07) is 7.91. The van der Waals surface area contributed by atoms with Crippen LogP contribution in [0.25, 0.3) is 0 Å². The highest BCUT2D eigenvalue weighted by Crippen LogP contribution is 2.28. The molecule has 0 aromatic heterocycles. The third kappa shape index (κ3) is 3.76. The number of piperazine rings is 1. The number of hydrogen-bond acceptors (Lipinski definition) is 5. The number of anilines is 1. The van der Waals surface area contributed by atoms with E-state index in [1.165, 1.54) is 0 Å². The highest BCUT2D eigenvalue weighted by molar-refractivity contribution is 5.82. The van der Waals surface area contributed by atoms with E-state index in [4.69, 9.17) is 9.47 Å². The van der Waals surface area contributed by atoms with Crippen LogP contribution < -0.4 is 15.0 Å². The van der Waals surface area contributed by atoms with Crippen molar-refractivity contribution >= 4 is 11.6 Å². The fourth-order valence-electron chi connectivity index (χ4n) is 3.11. The molecule has 126 valence electrons. The van der Waals surface area contributed by atoms with Crippen molar-refractivity contribution < 1.29 is 14.3 Å². The van der Waals surface area contributed by atoms with Crippen molar-refractivity contribution in [1.29, 1.82) is 0 Å². The molecule has 1 unspecified atom stereocenters. The van der Waals surface area contributed by atoms with E-state index in [-0.39, 0.29) is 11.9 Å². The maximum absolute atomic E-state index is 12.5. The van der Waals surface area contributed by atoms with Gasteiger partial charge in [-0.05, 0) is 19.1 Å². The molecule has 1 aromatic rings. The summed E-state index contributed by atoms with van der Waals surface area (Å²) >= 11 is 0. The molecule has 2 aliphatic rings. The Kier molecular flexibility index (Phi) is 5.35. The molecule has 0 bridgehead atoms. The first-order valence-electron chi connectivity index (χ1n) is 8.36. The molecule has 6 nitrogen and oxygen atoms in total. The van der Waals surface area contributed by atoms with Crippen molar-refractivity contribution in [2.75, 3.05) is 57.4 Å². The fraction of sp³-hybridized carbons (Fsp3) is 0.588. The van der Waals surface area contributed by atoms with Crippen molar-refractivity contribution in [3.63, 3.8) is 0 Å². The molecule has 6 heteroatoms. The molecule has 2 saturated heterocycles. The van der Waals surface area contributed by atoms with Crippen molar-refractivity contribution in [2.45, 2.75) is 13.0 Å². The summed E-state index contributed by atoms with van der Waals surface area (Å²) in [5, 5.41) is 3.24. The fourth-order valence-corrected chi connectivity index (χ4v) is 3.11. The van der Waals surface area contributed by atoms with Crippen molar-refractivity contribution in [2.24, 2.45) is 0 Å². The number of benzene rings is 1. The minimum absolute atomic E-state index is 0.155. The number of nitrogens with one attached hydrogen (secondary N) is 1. The number of hydrogen-bond donors (Lipinski definition) is 1. The zero-order valence-electron chi connectivity index (χ0n) is 13.7. The predicted octanol–water partition coefficient (Wildman–Crippen LogP) is 0.722. The zero-order valence-corrected chi connectivity index (χ0v) is 13.7. The predicted molar refractivity (Wildman–Crippen MR) is 89.0 cm³/mol. The van der Waals surface area contributed by atoms with Crippen LogP contribution in [0, 0.1) is 0 Å². The molecule has 0 spiro atoms. The van der Waals surface area contributed by atoms with Gasteiger partial charge in [-0.3, -0.25) is 4.79 Å². The molecule has 0 aliphatic carbocycles. The summed E-state index contributed by atoms with van der Waals surface area (Å²) in [5.74, 6) is 1.07. The number of amides is 1. The molecule has 2 aliphatic heterocycles. The third-order valence-electron chi connectivity index (χ3n) is 4.32. The Morgan fingerprint density at radius 1 is 1.30 bits per heavy atom. The van der Waals surface area contributed by atoms with Gasteiger partial charge in [-0.25, -0.2) is 0 Å². The standard InChI is InChI=1S/C17H25N3O3/c1-2-23-16-6-4-3-5-15(16)19-8-10-20(11-9-19)17(21)14-13-22-12-7-18-14/h3-6,14,18H,2,7-13H2,1H3. The lowest BCUT2D eigenvalue weighted by molar-refractivity contribution is -0.136. The van der Waals surface area contributed by atoms with Gasteiger partial charge in [0, 0.05) is 32.7 Å². The SMILES string of the molecule is CCOc1ccccc1N1CCN(C(=O)C2COCCN2)CC1. The second-order valence-corrected chi connectivity index (χ2v) is 5.79. The largest absolute Gasteiger partial charge is 0.492 e. The molecule has 1 atom stereocenters. The van der Waals surface area contributed by atoms with E-state index in [2.05, 4.69) is 16.3 Å². The van der Waals surface area contributed by atoms with Gasteiger partial charge in [0.2, 0.25) is 5.91 Å². The van der Waals surface area contributed by atoms with Gasteiger partial charge < -0.3 is 24.6 Å². The van der Waals surface area contributed by atoms with Gasteiger partial charge in [0.1, 0.15) is 11.8 Å². The van der Waals surface area contributed by atoms with Crippen LogP contribution in [0.2, 0.25) is 0 Å². The minimum atomic E-state index is -0.189. The van der Waals surface area contributed by atoms with E-state index in [0.717, 1.165) is 44.2 Å². The van der Waals surface area contributed by atoms with E-state index >= 15 is 0 Å². The topological polar surface area (TPSA) is 54.0 Å². The highest BCUT2D eigenvalue weighted by Gasteiger charge is 2.29. The lowest BCUT2D eigenvalue weighted by atomic mass is 10.2. The van der Waals surface area contributed by atoms with Crippen LogP contribution in [-0.2, 0) is 9.53 Å². The number of nitrogens with zero attached hydrogens (tertiary/aromatic N) is 2. The Morgan fingerprint density at radius 3 is 2.78 bits per heavy atom. The average molecular weight is 319 g/mol. The van der Waals surface area contributed by atoms with E-state index in [1.54, 1.807) is 0 Å². The first-order chi connectivity index (χ1) is 11.3. The van der Waals surface area contributed by atoms with Gasteiger partial charge >= 0.3 is 0 Å². The van der Waals surface area contributed by atoms with Gasteiger partial charge in [-0.1, -0.05) is 12.1 Å². The molecule has 0 saturated carbocycles. The van der Waals surface area contributed by atoms with Crippen LogP contribution in [0.4, 0.5) is 5.69 Å². The Hall–Kier alpha value is -1.79. The molecule has 1 N–H and O–H groups in total. The number of rotatable bonds is 4. The summed E-state index contributed by atoms with van der Waals surface area (Å²) in [6.07, 6.45) is 0. The van der Waals surface area contributed by atoms with Gasteiger partial charge in [-0.2, -0.15) is 0 Å². The summed E-state index contributed by atoms with van der Waals surface area (Å²) in [7, 11) is 0. The third-order valence-corrected chi connectivity index (χ3v) is 4.32. The van der Waals surface area contributed by atoms with E-state index < -0.39 is 0 Å². The second kappa shape index (κ2) is 7.66. The molecule has 0 radical (unpaired) electrons. The van der Waals surface area contributed by atoms with Crippen LogP contribution >= 0.6 is 0 Å². The number of carbonyl (C=O) groups excluding carboxylic acids is 1. The first kappa shape index (κ1) is 16.1. The van der Waals surface area contributed by atoms with Crippen molar-refractivity contribution in [3.05, 3.63) is 24.3 Å². The van der Waals surface area contributed by atoms with E-state index in [9.17, 15) is 4.79 Å².